The van der Waals surface area contributed by atoms with E-state index >= 15 is 0 Å². The number of carbonyl (C=O) groups is 1. The Morgan fingerprint density at radius 3 is 2.81 bits per heavy atom. The highest BCUT2D eigenvalue weighted by Gasteiger charge is 2.50. The summed E-state index contributed by atoms with van der Waals surface area (Å²) in [6, 6.07) is 19.7. The molecule has 2 heterocycles. The van der Waals surface area contributed by atoms with Gasteiger partial charge in [0, 0.05) is 29.9 Å². The Morgan fingerprint density at radius 2 is 1.94 bits per heavy atom. The number of H-pyrrole nitrogens is 1. The fraction of sp³-hybridized carbons (Fsp3) is 0.167. The fourth-order valence-corrected chi connectivity index (χ4v) is 4.06. The quantitative estimate of drug-likeness (QED) is 0.471. The van der Waals surface area contributed by atoms with Crippen molar-refractivity contribution in [2.24, 2.45) is 0 Å². The maximum Gasteiger partial charge on any atom is 0.261 e. The number of ether oxygens (including phenoxy) is 2. The van der Waals surface area contributed by atoms with Crippen LogP contribution in [-0.2, 0) is 10.5 Å². The monoisotopic (exact) mass is 415 g/mol. The summed E-state index contributed by atoms with van der Waals surface area (Å²) < 4.78 is 10.8. The van der Waals surface area contributed by atoms with Crippen molar-refractivity contribution < 1.29 is 19.4 Å². The van der Waals surface area contributed by atoms with Crippen LogP contribution < -0.4 is 9.64 Å². The van der Waals surface area contributed by atoms with E-state index in [-0.39, 0.29) is 5.91 Å². The van der Waals surface area contributed by atoms with Crippen molar-refractivity contribution in [2.45, 2.75) is 5.72 Å². The molecule has 0 saturated carbocycles. The second-order valence-electron chi connectivity index (χ2n) is 7.33. The number of anilines is 1. The van der Waals surface area contributed by atoms with E-state index in [1.807, 2.05) is 24.3 Å². The van der Waals surface area contributed by atoms with Crippen LogP contribution >= 0.6 is 0 Å². The highest BCUT2D eigenvalue weighted by atomic mass is 16.5. The molecule has 1 unspecified atom stereocenters. The summed E-state index contributed by atoms with van der Waals surface area (Å²) in [5, 5.41) is 12.1. The number of imidazole rings is 1. The summed E-state index contributed by atoms with van der Waals surface area (Å²) in [6.07, 6.45) is 1.60. The SMILES string of the molecule is COCCOc1cccc(N2C(=O)c3ccccc3C2(O)c2ccc3nc[nH]c3c2)c1. The van der Waals surface area contributed by atoms with E-state index in [2.05, 4.69) is 9.97 Å². The first-order valence-electron chi connectivity index (χ1n) is 9.95. The molecule has 0 aliphatic carbocycles. The third kappa shape index (κ3) is 3.06. The third-order valence-corrected chi connectivity index (χ3v) is 5.51. The number of methoxy groups -OCH3 is 1. The van der Waals surface area contributed by atoms with Crippen LogP contribution in [0.1, 0.15) is 21.5 Å². The summed E-state index contributed by atoms with van der Waals surface area (Å²) >= 11 is 0. The van der Waals surface area contributed by atoms with Crippen LogP contribution in [0.2, 0.25) is 0 Å². The van der Waals surface area contributed by atoms with E-state index in [0.29, 0.717) is 41.3 Å². The normalized spacial score (nSPS) is 17.9. The van der Waals surface area contributed by atoms with E-state index in [4.69, 9.17) is 9.47 Å². The molecule has 1 amide bonds. The average Bonchev–Trinajstić information content (AvgIpc) is 3.35. The number of aromatic nitrogens is 2. The van der Waals surface area contributed by atoms with E-state index in [1.54, 1.807) is 55.9 Å². The van der Waals surface area contributed by atoms with Gasteiger partial charge in [0.1, 0.15) is 12.4 Å². The van der Waals surface area contributed by atoms with E-state index in [0.717, 1.165) is 11.0 Å². The fourth-order valence-electron chi connectivity index (χ4n) is 4.06. The van der Waals surface area contributed by atoms with Crippen molar-refractivity contribution in [1.82, 2.24) is 9.97 Å². The highest BCUT2D eigenvalue weighted by Crippen LogP contribution is 2.45. The maximum atomic E-state index is 13.5. The molecule has 1 atom stereocenters. The van der Waals surface area contributed by atoms with Gasteiger partial charge < -0.3 is 19.6 Å². The molecule has 0 radical (unpaired) electrons. The van der Waals surface area contributed by atoms with Crippen molar-refractivity contribution in [2.75, 3.05) is 25.2 Å². The van der Waals surface area contributed by atoms with Crippen LogP contribution in [0.5, 0.6) is 5.75 Å². The smallest absolute Gasteiger partial charge is 0.261 e. The number of aliphatic hydroxyl groups is 1. The molecule has 5 rings (SSSR count). The average molecular weight is 415 g/mol. The lowest BCUT2D eigenvalue weighted by atomic mass is 9.93. The summed E-state index contributed by atoms with van der Waals surface area (Å²) in [6.45, 7) is 0.835. The Kier molecular flexibility index (Phi) is 4.69. The molecule has 2 N–H and O–H groups in total. The molecular formula is C24H21N3O4. The molecule has 0 fully saturated rings. The van der Waals surface area contributed by atoms with Gasteiger partial charge in [0.2, 0.25) is 0 Å². The standard InChI is InChI=1S/C24H21N3O4/c1-30-11-12-31-18-6-4-5-17(14-18)27-23(28)19-7-2-3-8-20(19)24(27,29)16-9-10-21-22(13-16)26-15-25-21/h2-10,13-15,29H,11-12H2,1H3,(H,25,26). The van der Waals surface area contributed by atoms with Gasteiger partial charge in [0.05, 0.1) is 29.7 Å². The lowest BCUT2D eigenvalue weighted by Crippen LogP contribution is -2.45. The number of aromatic amines is 1. The number of carbonyl (C=O) groups excluding carboxylic acids is 1. The number of nitrogens with zero attached hydrogens (tertiary/aromatic N) is 2. The molecule has 0 bridgehead atoms. The van der Waals surface area contributed by atoms with Gasteiger partial charge in [-0.05, 0) is 30.3 Å². The lowest BCUT2D eigenvalue weighted by molar-refractivity contribution is 0.0703. The number of fused-ring (bicyclic) bond motifs is 2. The van der Waals surface area contributed by atoms with Gasteiger partial charge in [-0.25, -0.2) is 4.98 Å². The Bertz CT molecular complexity index is 1270. The van der Waals surface area contributed by atoms with Gasteiger partial charge in [0.25, 0.3) is 5.91 Å². The summed E-state index contributed by atoms with van der Waals surface area (Å²) in [4.78, 5) is 22.2. The van der Waals surface area contributed by atoms with Crippen LogP contribution in [0.3, 0.4) is 0 Å². The summed E-state index contributed by atoms with van der Waals surface area (Å²) in [5.74, 6) is 0.307. The van der Waals surface area contributed by atoms with Gasteiger partial charge in [-0.1, -0.05) is 30.3 Å². The molecule has 0 saturated heterocycles. The maximum absolute atomic E-state index is 13.5. The van der Waals surface area contributed by atoms with Gasteiger partial charge in [-0.3, -0.25) is 9.69 Å². The highest BCUT2D eigenvalue weighted by molar-refractivity contribution is 6.12. The van der Waals surface area contributed by atoms with Crippen molar-refractivity contribution >= 4 is 22.6 Å². The zero-order chi connectivity index (χ0) is 21.4. The van der Waals surface area contributed by atoms with Crippen LogP contribution in [0.25, 0.3) is 11.0 Å². The minimum Gasteiger partial charge on any atom is -0.491 e. The molecule has 1 aromatic heterocycles. The van der Waals surface area contributed by atoms with Gasteiger partial charge in [0.15, 0.2) is 5.72 Å². The largest absolute Gasteiger partial charge is 0.491 e. The van der Waals surface area contributed by atoms with Crippen LogP contribution in [0, 0.1) is 0 Å². The van der Waals surface area contributed by atoms with Crippen LogP contribution in [0.4, 0.5) is 5.69 Å². The van der Waals surface area contributed by atoms with Crippen molar-refractivity contribution in [3.05, 3.63) is 89.7 Å². The number of rotatable bonds is 6. The molecular weight excluding hydrogens is 394 g/mol. The molecule has 156 valence electrons. The molecule has 7 heteroatoms. The molecule has 1 aliphatic heterocycles. The Labute approximate surface area is 178 Å². The number of nitrogens with one attached hydrogen (secondary N) is 1. The van der Waals surface area contributed by atoms with Crippen molar-refractivity contribution in [3.63, 3.8) is 0 Å². The second-order valence-corrected chi connectivity index (χ2v) is 7.33. The summed E-state index contributed by atoms with van der Waals surface area (Å²) in [5.41, 5.74) is 1.96. The lowest BCUT2D eigenvalue weighted by Gasteiger charge is -2.35. The zero-order valence-corrected chi connectivity index (χ0v) is 16.9. The first kappa shape index (κ1) is 19.3. The Morgan fingerprint density at radius 1 is 1.06 bits per heavy atom. The molecule has 0 spiro atoms. The predicted molar refractivity (Wildman–Crippen MR) is 116 cm³/mol. The van der Waals surface area contributed by atoms with E-state index in [9.17, 15) is 9.90 Å². The van der Waals surface area contributed by atoms with Crippen LogP contribution in [0.15, 0.2) is 73.1 Å². The van der Waals surface area contributed by atoms with Gasteiger partial charge in [-0.15, -0.1) is 0 Å². The predicted octanol–water partition coefficient (Wildman–Crippen LogP) is 3.44. The van der Waals surface area contributed by atoms with E-state index < -0.39 is 5.72 Å². The topological polar surface area (TPSA) is 87.7 Å². The number of benzene rings is 3. The first-order chi connectivity index (χ1) is 15.1. The van der Waals surface area contributed by atoms with Crippen molar-refractivity contribution in [3.8, 4) is 5.75 Å². The second kappa shape index (κ2) is 7.54. The minimum atomic E-state index is -1.68. The van der Waals surface area contributed by atoms with Gasteiger partial charge >= 0.3 is 0 Å². The molecule has 31 heavy (non-hydrogen) atoms. The zero-order valence-electron chi connectivity index (χ0n) is 16.9. The number of hydrogen-bond donors (Lipinski definition) is 2. The third-order valence-electron chi connectivity index (χ3n) is 5.51. The van der Waals surface area contributed by atoms with E-state index in [1.165, 1.54) is 4.90 Å². The Balaban J connectivity index is 1.65. The molecule has 7 nitrogen and oxygen atoms in total. The van der Waals surface area contributed by atoms with Crippen molar-refractivity contribution in [1.29, 1.82) is 0 Å². The number of amides is 1. The Hall–Kier alpha value is -3.68. The molecule has 4 aromatic rings. The first-order valence-corrected chi connectivity index (χ1v) is 9.95. The number of hydrogen-bond acceptors (Lipinski definition) is 5. The molecule has 1 aliphatic rings. The summed E-state index contributed by atoms with van der Waals surface area (Å²) in [7, 11) is 1.61. The molecule has 3 aromatic carbocycles. The van der Waals surface area contributed by atoms with Gasteiger partial charge in [-0.2, -0.15) is 0 Å². The minimum absolute atomic E-state index is 0.281. The van der Waals surface area contributed by atoms with Crippen LogP contribution in [-0.4, -0.2) is 41.3 Å².